The Balaban J connectivity index is 0.629. The van der Waals surface area contributed by atoms with Crippen molar-refractivity contribution in [2.24, 2.45) is 35.3 Å². The molecule has 1 aromatic carbocycles. The molecule has 34 nitrogen and oxygen atoms in total. The number of nitrogen functional groups attached to an aromatic ring is 2. The third-order valence-electron chi connectivity index (χ3n) is 23.3. The Bertz CT molecular complexity index is 4280. The summed E-state index contributed by atoms with van der Waals surface area (Å²) in [4.78, 5) is 111. The number of amides is 3. The number of aromatic nitrogens is 8. The van der Waals surface area contributed by atoms with E-state index in [1.807, 2.05) is 62.6 Å². The fourth-order valence-electron chi connectivity index (χ4n) is 16.1. The average Bonchev–Trinajstić information content (AvgIpc) is 1.72. The van der Waals surface area contributed by atoms with Crippen LogP contribution in [0.2, 0.25) is 0 Å². The summed E-state index contributed by atoms with van der Waals surface area (Å²) in [7, 11) is 4.59. The van der Waals surface area contributed by atoms with Gasteiger partial charge in [0.1, 0.15) is 53.5 Å². The van der Waals surface area contributed by atoms with Crippen molar-refractivity contribution in [3.05, 3.63) is 84.0 Å². The van der Waals surface area contributed by atoms with Crippen LogP contribution in [-0.2, 0) is 100 Å². The van der Waals surface area contributed by atoms with E-state index in [0.29, 0.717) is 208 Å². The molecule has 0 spiro atoms. The van der Waals surface area contributed by atoms with Gasteiger partial charge in [-0.1, -0.05) is 69.4 Å². The first kappa shape index (κ1) is 96.2. The van der Waals surface area contributed by atoms with Crippen LogP contribution in [0.15, 0.2) is 82.7 Å². The molecule has 3 aliphatic heterocycles. The number of nitrogens with zero attached hydrogens (tertiary/aromatic N) is 9. The van der Waals surface area contributed by atoms with Crippen LogP contribution >= 0.6 is 0 Å². The Morgan fingerprint density at radius 3 is 2.22 bits per heavy atom. The van der Waals surface area contributed by atoms with Gasteiger partial charge < -0.3 is 94.7 Å². The number of esters is 1. The fourth-order valence-corrected chi connectivity index (χ4v) is 16.1. The molecule has 15 atom stereocenters. The number of nitrogens with one attached hydrogen (secondary N) is 2. The molecule has 7 heterocycles. The summed E-state index contributed by atoms with van der Waals surface area (Å²) in [5.74, 6) is -8.28. The Hall–Kier alpha value is -8.65. The lowest BCUT2D eigenvalue weighted by Gasteiger charge is -2.42. The number of fused-ring (bicyclic) bond motifs is 5. The van der Waals surface area contributed by atoms with Crippen LogP contribution in [0, 0.1) is 29.6 Å². The molecule has 2 saturated heterocycles. The Kier molecular flexibility index (Phi) is 38.9. The number of piperidine rings is 1. The number of Topliss-reactive ketones (excluding diaryl/α,β-unsaturated/α-hetero) is 3. The number of anilines is 2. The number of benzene rings is 1. The van der Waals surface area contributed by atoms with Crippen LogP contribution in [0.1, 0.15) is 169 Å². The third kappa shape index (κ3) is 28.7. The second-order valence-corrected chi connectivity index (χ2v) is 32.5. The van der Waals surface area contributed by atoms with Crippen molar-refractivity contribution in [1.82, 2.24) is 55.3 Å². The molecule has 4 aliphatic rings. The molecular formula is C87H130N14O20. The molecule has 5 aromatic rings. The minimum absolute atomic E-state index is 0.0168. The lowest BCUT2D eigenvalue weighted by Crippen LogP contribution is -2.61. The Morgan fingerprint density at radius 1 is 0.752 bits per heavy atom. The van der Waals surface area contributed by atoms with Gasteiger partial charge in [0.2, 0.25) is 17.6 Å². The molecule has 1 aliphatic carbocycles. The number of aliphatic hydroxyl groups excluding tert-OH is 1. The first-order valence-corrected chi connectivity index (χ1v) is 43.0. The number of oxazole rings is 1. The number of ketones is 3. The monoisotopic (exact) mass is 1690 g/mol. The Labute approximate surface area is 708 Å². The summed E-state index contributed by atoms with van der Waals surface area (Å²) >= 11 is 0. The van der Waals surface area contributed by atoms with Gasteiger partial charge in [0.15, 0.2) is 17.0 Å². The van der Waals surface area contributed by atoms with Crippen LogP contribution < -0.4 is 27.8 Å². The number of cyclic esters (lactones) is 1. The summed E-state index contributed by atoms with van der Waals surface area (Å²) < 4.78 is 68.1. The summed E-state index contributed by atoms with van der Waals surface area (Å²) in [6.45, 7) is 16.1. The van der Waals surface area contributed by atoms with Crippen molar-refractivity contribution in [1.29, 1.82) is 0 Å². The standard InChI is InChI=1S/C87H130N14O20/c1-55-20-11-10-12-21-56(2)71(111-7)51-64-29-26-60(6)87(110,121-64)81(107)84(108)100-34-16-13-23-67(100)85(109)119-72(52-68(102)57(3)47-59(5)79(106)80(113-9)78(105)58(4)46-55)65(88)48-61-27-30-70(73(49-61)112-8)118-37-18-14-22-63-53-99(98-96-63)36-39-115-41-43-117-45-44-116-42-40-114-38-33-92-75(104)25-19-24-74(103)91-32-15-17-35-101-83-76(82(89)93-54-94-83)77(97-101)62-28-31-69-66(50-62)95-86(90)120-69/h10-12,20-21,28,31,47,50,53-55,57-58,60-61,64-65,67,70-73,79-80,106,110H,13-19,22-27,29-30,32-46,48-49,51-52,88H2,1-9H3,(H2,90,95)(H,91,103)(H,92,104)(H2,89,93,94)/b12-10?,20-11+,56-21?,59-47+/t55-,57-,58-,60-,61+,64+,65-,67+,70-,71+,72+,73-,79-,80+,87-/m1/s1. The van der Waals surface area contributed by atoms with Gasteiger partial charge in [-0.25, -0.2) is 24.1 Å². The van der Waals surface area contributed by atoms with Crippen molar-refractivity contribution in [2.45, 2.75) is 244 Å². The molecule has 121 heavy (non-hydrogen) atoms. The van der Waals surface area contributed by atoms with Crippen LogP contribution in [0.5, 0.6) is 0 Å². The predicted octanol–water partition coefficient (Wildman–Crippen LogP) is 7.57. The molecule has 668 valence electrons. The zero-order valence-electron chi connectivity index (χ0n) is 72.0. The predicted molar refractivity (Wildman–Crippen MR) is 450 cm³/mol. The average molecular weight is 1690 g/mol. The second-order valence-electron chi connectivity index (χ2n) is 32.5. The lowest BCUT2D eigenvalue weighted by molar-refractivity contribution is -0.265. The number of hydrogen-bond acceptors (Lipinski definition) is 29. The molecule has 1 saturated carbocycles. The number of nitrogens with two attached hydrogens (primary N) is 3. The van der Waals surface area contributed by atoms with Gasteiger partial charge in [-0.15, -0.1) is 5.10 Å². The van der Waals surface area contributed by atoms with Crippen LogP contribution in [-0.4, -0.2) is 257 Å². The molecule has 3 amide bonds. The molecule has 3 fully saturated rings. The van der Waals surface area contributed by atoms with E-state index in [4.69, 9.17) is 74.1 Å². The number of allylic oxidation sites excluding steroid dienone is 6. The van der Waals surface area contributed by atoms with Gasteiger partial charge in [-0.3, -0.25) is 28.8 Å². The highest BCUT2D eigenvalue weighted by Crippen LogP contribution is 2.39. The number of rotatable bonds is 37. The molecule has 0 radical (unpaired) electrons. The summed E-state index contributed by atoms with van der Waals surface area (Å²) in [5, 5.41) is 43.6. The summed E-state index contributed by atoms with van der Waals surface area (Å²) in [5.41, 5.74) is 24.3. The fraction of sp³-hybridized carbons (Fsp3) is 0.667. The zero-order valence-corrected chi connectivity index (χ0v) is 72.0. The SMILES string of the molecule is CO[C@H]1C[C@@H]2CC[C@@H](C)[C@@](O)(O2)C(=O)C(=O)N2CCCC[C@H]2C(=O)O[C@H]([C@H](N)C[C@@H]2CC[C@@H](OCCCCc3cn(CCOCCOCCOCCOCCNC(=O)CCCC(=O)NCCCCn4nc(-c5ccc6oc(N)nc6c5)c5c(N)ncnc54)nn3)[C@H](OC)C2)CC(=O)[C@H](C)/C=C(\C)[C@@H](O)[C@@H](OC)C(=O)[C@H](C)C[C@H](C)/C=C/C=CC=C1C. The first-order valence-electron chi connectivity index (χ1n) is 43.0. The van der Waals surface area contributed by atoms with Gasteiger partial charge in [-0.2, -0.15) is 10.1 Å². The second kappa shape index (κ2) is 49.0. The van der Waals surface area contributed by atoms with Crippen LogP contribution in [0.25, 0.3) is 33.4 Å². The molecule has 9 rings (SSSR count). The van der Waals surface area contributed by atoms with E-state index in [2.05, 4.69) is 35.9 Å². The molecule has 34 heteroatoms. The lowest BCUT2D eigenvalue weighted by atomic mass is 9.80. The minimum atomic E-state index is -2.48. The highest BCUT2D eigenvalue weighted by Gasteiger charge is 2.53. The smallest absolute Gasteiger partial charge is 0.329 e. The number of unbranched alkanes of at least 4 members (excludes halogenated alkanes) is 2. The molecular weight excluding hydrogens is 1560 g/mol. The Morgan fingerprint density at radius 2 is 1.49 bits per heavy atom. The third-order valence-corrected chi connectivity index (χ3v) is 23.3. The number of carbonyl (C=O) groups excluding carboxylic acids is 7. The van der Waals surface area contributed by atoms with Crippen molar-refractivity contribution in [3.63, 3.8) is 0 Å². The normalized spacial score (nSPS) is 26.5. The van der Waals surface area contributed by atoms with E-state index in [-0.39, 0.29) is 92.1 Å². The number of methoxy groups -OCH3 is 3. The van der Waals surface area contributed by atoms with E-state index in [1.165, 1.54) is 13.4 Å². The maximum absolute atomic E-state index is 14.7. The summed E-state index contributed by atoms with van der Waals surface area (Å²) in [6.07, 6.45) is 18.5. The molecule has 4 aromatic heterocycles. The maximum Gasteiger partial charge on any atom is 0.329 e. The minimum Gasteiger partial charge on any atom is -0.459 e. The summed E-state index contributed by atoms with van der Waals surface area (Å²) in [6, 6.07) is 3.43. The van der Waals surface area contributed by atoms with E-state index in [9.17, 15) is 43.8 Å². The highest BCUT2D eigenvalue weighted by molar-refractivity contribution is 6.39. The van der Waals surface area contributed by atoms with Crippen molar-refractivity contribution in [3.8, 4) is 11.3 Å². The first-order chi connectivity index (χ1) is 58.3. The number of carbonyl (C=O) groups is 7. The van der Waals surface area contributed by atoms with E-state index in [0.717, 1.165) is 34.6 Å². The number of hydrogen-bond donors (Lipinski definition) is 7. The van der Waals surface area contributed by atoms with Gasteiger partial charge in [0, 0.05) is 115 Å². The van der Waals surface area contributed by atoms with Crippen molar-refractivity contribution < 1.29 is 95.6 Å². The maximum atomic E-state index is 14.7. The van der Waals surface area contributed by atoms with E-state index < -0.39 is 83.8 Å². The van der Waals surface area contributed by atoms with Gasteiger partial charge in [0.25, 0.3) is 17.7 Å². The van der Waals surface area contributed by atoms with Crippen molar-refractivity contribution >= 4 is 75.0 Å². The van der Waals surface area contributed by atoms with Crippen LogP contribution in [0.3, 0.4) is 0 Å². The van der Waals surface area contributed by atoms with Gasteiger partial charge >= 0.3 is 5.97 Å². The van der Waals surface area contributed by atoms with Gasteiger partial charge in [0.05, 0.1) is 94.9 Å². The molecule has 10 N–H and O–H groups in total. The number of aryl methyl sites for hydroxylation is 2. The number of ether oxygens (including phenoxy) is 10. The quantitative estimate of drug-likeness (QED) is 0.00871. The number of aliphatic hydroxyl groups is 2. The van der Waals surface area contributed by atoms with Crippen molar-refractivity contribution in [2.75, 3.05) is 112 Å². The highest BCUT2D eigenvalue weighted by atomic mass is 16.6. The van der Waals surface area contributed by atoms with Gasteiger partial charge in [-0.05, 0) is 158 Å². The largest absolute Gasteiger partial charge is 0.459 e. The topological polar surface area (TPSA) is 458 Å². The zero-order chi connectivity index (χ0) is 87.0. The van der Waals surface area contributed by atoms with Crippen LogP contribution in [0.4, 0.5) is 11.8 Å². The van der Waals surface area contributed by atoms with E-state index in [1.54, 1.807) is 63.4 Å². The van der Waals surface area contributed by atoms with E-state index >= 15 is 0 Å². The molecule has 0 unspecified atom stereocenters. The molecule has 2 bridgehead atoms.